The van der Waals surface area contributed by atoms with E-state index in [1.54, 1.807) is 12.1 Å². The van der Waals surface area contributed by atoms with Crippen LogP contribution in [0.5, 0.6) is 0 Å². The Morgan fingerprint density at radius 3 is 2.41 bits per heavy atom. The molecule has 0 heterocycles. The van der Waals surface area contributed by atoms with E-state index in [4.69, 9.17) is 5.11 Å². The molecule has 0 radical (unpaired) electrons. The van der Waals surface area contributed by atoms with Crippen molar-refractivity contribution in [1.82, 2.24) is 0 Å². The molecule has 182 valence electrons. The molecule has 1 aromatic rings. The molecule has 3 unspecified atom stereocenters. The van der Waals surface area contributed by atoms with Gasteiger partial charge in [-0.25, -0.2) is 4.39 Å². The van der Waals surface area contributed by atoms with Crippen LogP contribution in [-0.4, -0.2) is 49.6 Å². The summed E-state index contributed by atoms with van der Waals surface area (Å²) in [5, 5.41) is 41.1. The first-order chi connectivity index (χ1) is 15.3. The van der Waals surface area contributed by atoms with Crippen LogP contribution in [0.3, 0.4) is 0 Å². The number of aliphatic hydroxyl groups is 3. The summed E-state index contributed by atoms with van der Waals surface area (Å²) in [6.07, 6.45) is 6.86. The van der Waals surface area contributed by atoms with Crippen LogP contribution < -0.4 is 0 Å². The van der Waals surface area contributed by atoms with E-state index in [0.717, 1.165) is 44.9 Å². The molecule has 1 fully saturated rings. The quantitative estimate of drug-likeness (QED) is 0.273. The number of rotatable bonds is 15. The number of thioether (sulfide) groups is 1. The number of benzene rings is 1. The number of halogens is 1. The summed E-state index contributed by atoms with van der Waals surface area (Å²) >= 11 is 1.51. The van der Waals surface area contributed by atoms with Gasteiger partial charge in [0.25, 0.3) is 0 Å². The largest absolute Gasteiger partial charge is 0.481 e. The third-order valence-electron chi connectivity index (χ3n) is 6.55. The van der Waals surface area contributed by atoms with Gasteiger partial charge in [-0.2, -0.15) is 11.8 Å². The first-order valence-corrected chi connectivity index (χ1v) is 13.0. The van der Waals surface area contributed by atoms with Crippen molar-refractivity contribution in [3.05, 3.63) is 35.6 Å². The fourth-order valence-electron chi connectivity index (χ4n) is 4.62. The van der Waals surface area contributed by atoms with Gasteiger partial charge in [0, 0.05) is 23.8 Å². The number of unbranched alkanes of at least 4 members (excludes halogenated alkanes) is 5. The maximum Gasteiger partial charge on any atom is 0.303 e. The number of carboxylic acids is 1. The number of aliphatic hydroxyl groups excluding tert-OH is 2. The number of hydrogen-bond donors (Lipinski definition) is 4. The lowest BCUT2D eigenvalue weighted by molar-refractivity contribution is -0.137. The topological polar surface area (TPSA) is 98.0 Å². The van der Waals surface area contributed by atoms with E-state index in [0.29, 0.717) is 30.6 Å². The highest BCUT2D eigenvalue weighted by molar-refractivity contribution is 8.00. The molecule has 1 aromatic carbocycles. The van der Waals surface area contributed by atoms with Crippen molar-refractivity contribution in [3.8, 4) is 0 Å². The molecule has 0 spiro atoms. The second-order valence-corrected chi connectivity index (χ2v) is 10.3. The van der Waals surface area contributed by atoms with E-state index in [1.165, 1.54) is 23.9 Å². The molecule has 0 aromatic heterocycles. The highest BCUT2D eigenvalue weighted by atomic mass is 32.2. The first kappa shape index (κ1) is 27.1. The van der Waals surface area contributed by atoms with Crippen molar-refractivity contribution in [2.24, 2.45) is 5.92 Å². The molecule has 0 bridgehead atoms. The lowest BCUT2D eigenvalue weighted by Crippen LogP contribution is -2.33. The minimum Gasteiger partial charge on any atom is -0.481 e. The van der Waals surface area contributed by atoms with Crippen LogP contribution in [0.25, 0.3) is 0 Å². The average molecular weight is 471 g/mol. The molecule has 1 saturated carbocycles. The highest BCUT2D eigenvalue weighted by Gasteiger charge is 2.43. The minimum absolute atomic E-state index is 0.0532. The van der Waals surface area contributed by atoms with Crippen molar-refractivity contribution in [2.45, 2.75) is 101 Å². The predicted octanol–water partition coefficient (Wildman–Crippen LogP) is 4.86. The van der Waals surface area contributed by atoms with Gasteiger partial charge >= 0.3 is 5.97 Å². The van der Waals surface area contributed by atoms with Crippen LogP contribution in [0, 0.1) is 11.7 Å². The van der Waals surface area contributed by atoms with Crippen LogP contribution in [-0.2, 0) is 10.4 Å². The van der Waals surface area contributed by atoms with Gasteiger partial charge in [0.1, 0.15) is 5.82 Å². The number of hydrogen-bond acceptors (Lipinski definition) is 5. The van der Waals surface area contributed by atoms with Crippen LogP contribution >= 0.6 is 11.8 Å². The molecule has 0 aliphatic heterocycles. The first-order valence-electron chi connectivity index (χ1n) is 11.9. The summed E-state index contributed by atoms with van der Waals surface area (Å²) in [6.45, 7) is 2.11. The zero-order valence-electron chi connectivity index (χ0n) is 19.1. The zero-order valence-corrected chi connectivity index (χ0v) is 19.9. The molecular formula is C25H39FO5S. The summed E-state index contributed by atoms with van der Waals surface area (Å²) < 4.78 is 13.4. The number of aliphatic carboxylic acids is 1. The summed E-state index contributed by atoms with van der Waals surface area (Å²) in [5.41, 5.74) is -0.423. The van der Waals surface area contributed by atoms with E-state index in [1.807, 2.05) is 0 Å². The Morgan fingerprint density at radius 1 is 1.06 bits per heavy atom. The molecule has 2 rings (SSSR count). The molecular weight excluding hydrogens is 431 g/mol. The Hall–Kier alpha value is -1.15. The molecule has 1 aliphatic carbocycles. The second kappa shape index (κ2) is 13.5. The Labute approximate surface area is 195 Å². The molecule has 4 N–H and O–H groups in total. The average Bonchev–Trinajstić information content (AvgIpc) is 3.01. The van der Waals surface area contributed by atoms with Gasteiger partial charge in [0.2, 0.25) is 0 Å². The van der Waals surface area contributed by atoms with E-state index in [9.17, 15) is 24.5 Å². The summed E-state index contributed by atoms with van der Waals surface area (Å²) in [7, 11) is 0. The van der Waals surface area contributed by atoms with Crippen LogP contribution in [0.2, 0.25) is 0 Å². The van der Waals surface area contributed by atoms with Gasteiger partial charge in [0.05, 0.1) is 17.8 Å². The van der Waals surface area contributed by atoms with Gasteiger partial charge in [-0.3, -0.25) is 4.79 Å². The molecule has 5 nitrogen and oxygen atoms in total. The third-order valence-corrected chi connectivity index (χ3v) is 8.24. The monoisotopic (exact) mass is 470 g/mol. The van der Waals surface area contributed by atoms with Crippen molar-refractivity contribution >= 4 is 17.7 Å². The Morgan fingerprint density at radius 2 is 1.75 bits per heavy atom. The fourth-order valence-corrected chi connectivity index (χ4v) is 6.30. The maximum absolute atomic E-state index is 13.4. The van der Waals surface area contributed by atoms with Gasteiger partial charge in [-0.1, -0.05) is 57.6 Å². The normalized spacial score (nSPS) is 25.0. The number of carboxylic acid groups (broad SMARTS) is 1. The van der Waals surface area contributed by atoms with Gasteiger partial charge in [0.15, 0.2) is 0 Å². The third kappa shape index (κ3) is 8.32. The summed E-state index contributed by atoms with van der Waals surface area (Å²) in [6, 6.07) is 6.00. The van der Waals surface area contributed by atoms with Crippen molar-refractivity contribution < 1.29 is 29.6 Å². The smallest absolute Gasteiger partial charge is 0.303 e. The van der Waals surface area contributed by atoms with Crippen molar-refractivity contribution in [3.63, 3.8) is 0 Å². The number of carbonyl (C=O) groups is 1. The van der Waals surface area contributed by atoms with E-state index in [-0.39, 0.29) is 23.4 Å². The Kier molecular flexibility index (Phi) is 11.5. The SMILES string of the molecule is CCCCCC(O)(CS[C@H]1C(O)CC(O)[C@@H]1CCCCCCC(=O)O)c1ccc(F)cc1. The van der Waals surface area contributed by atoms with Gasteiger partial charge < -0.3 is 20.4 Å². The molecule has 1 aliphatic rings. The molecule has 5 atom stereocenters. The Bertz CT molecular complexity index is 685. The van der Waals surface area contributed by atoms with Gasteiger partial charge in [-0.15, -0.1) is 0 Å². The predicted molar refractivity (Wildman–Crippen MR) is 126 cm³/mol. The van der Waals surface area contributed by atoms with Gasteiger partial charge in [-0.05, 0) is 42.9 Å². The van der Waals surface area contributed by atoms with E-state index >= 15 is 0 Å². The van der Waals surface area contributed by atoms with E-state index < -0.39 is 23.8 Å². The highest BCUT2D eigenvalue weighted by Crippen LogP contribution is 2.42. The second-order valence-electron chi connectivity index (χ2n) is 9.15. The lowest BCUT2D eigenvalue weighted by atomic mass is 9.90. The van der Waals surface area contributed by atoms with E-state index in [2.05, 4.69) is 6.92 Å². The van der Waals surface area contributed by atoms with Crippen molar-refractivity contribution in [1.29, 1.82) is 0 Å². The molecule has 7 heteroatoms. The summed E-state index contributed by atoms with van der Waals surface area (Å²) in [4.78, 5) is 10.6. The van der Waals surface area contributed by atoms with Crippen LogP contribution in [0.15, 0.2) is 24.3 Å². The van der Waals surface area contributed by atoms with Crippen LogP contribution in [0.1, 0.15) is 83.1 Å². The van der Waals surface area contributed by atoms with Crippen LogP contribution in [0.4, 0.5) is 4.39 Å². The summed E-state index contributed by atoms with van der Waals surface area (Å²) in [5.74, 6) is -0.785. The molecule has 0 saturated heterocycles. The maximum atomic E-state index is 13.4. The molecule has 32 heavy (non-hydrogen) atoms. The zero-order chi connectivity index (χ0) is 23.6. The standard InChI is InChI=1S/C25H39FO5S/c1-2-3-8-15-25(31,18-11-13-19(26)14-12-18)17-32-24-20(21(27)16-22(24)28)9-6-4-5-7-10-23(29)30/h11-14,20-22,24,27-28,31H,2-10,15-17H2,1H3,(H,29,30)/t20-,21?,22?,24+,25?/m0/s1. The molecule has 0 amide bonds. The lowest BCUT2D eigenvalue weighted by Gasteiger charge is -2.32. The fraction of sp³-hybridized carbons (Fsp3) is 0.720. The van der Waals surface area contributed by atoms with Crippen molar-refractivity contribution in [2.75, 3.05) is 5.75 Å². The Balaban J connectivity index is 1.97. The minimum atomic E-state index is -1.11.